The smallest absolute Gasteiger partial charge is 0.308 e. The van der Waals surface area contributed by atoms with E-state index in [9.17, 15) is 24.0 Å². The number of hydrogen-bond acceptors (Lipinski definition) is 8. The second-order valence-electron chi connectivity index (χ2n) is 9.45. The molecule has 0 aromatic heterocycles. The van der Waals surface area contributed by atoms with Crippen molar-refractivity contribution < 1.29 is 38.2 Å². The largest absolute Gasteiger partial charge is 0.460 e. The van der Waals surface area contributed by atoms with Gasteiger partial charge < -0.3 is 14.2 Å². The Morgan fingerprint density at radius 3 is 2.43 bits per heavy atom. The molecule has 10 nitrogen and oxygen atoms in total. The van der Waals surface area contributed by atoms with Gasteiger partial charge in [-0.15, -0.1) is 0 Å². The van der Waals surface area contributed by atoms with Gasteiger partial charge >= 0.3 is 5.97 Å². The van der Waals surface area contributed by atoms with Gasteiger partial charge in [-0.1, -0.05) is 12.1 Å². The molecule has 0 saturated carbocycles. The standard InChI is InChI=1S/C25H32N2O8/c1-25(2,3)35-20(29)11-13-34-15-14-33-12-5-7-16-6-4-8-17-21(16)24(32)27(23(17)31)18-9-10-19(28)26-22(18)30/h4,6,8,18H,5,7,9-15H2,1-3H3,(H,26,28,30). The van der Waals surface area contributed by atoms with Gasteiger partial charge in [0.15, 0.2) is 0 Å². The highest BCUT2D eigenvalue weighted by Crippen LogP contribution is 2.30. The molecule has 0 radical (unpaired) electrons. The normalized spacial score (nSPS) is 18.0. The predicted octanol–water partition coefficient (Wildman–Crippen LogP) is 1.79. The van der Waals surface area contributed by atoms with Crippen molar-refractivity contribution in [2.24, 2.45) is 0 Å². The minimum absolute atomic E-state index is 0.0821. The summed E-state index contributed by atoms with van der Waals surface area (Å²) in [5.41, 5.74) is 0.789. The lowest BCUT2D eigenvalue weighted by atomic mass is 9.99. The van der Waals surface area contributed by atoms with Gasteiger partial charge in [0.25, 0.3) is 11.8 Å². The van der Waals surface area contributed by atoms with E-state index in [1.807, 2.05) is 20.8 Å². The van der Waals surface area contributed by atoms with Gasteiger partial charge in [-0.2, -0.15) is 0 Å². The highest BCUT2D eigenvalue weighted by atomic mass is 16.6. The van der Waals surface area contributed by atoms with Crippen molar-refractivity contribution in [2.75, 3.05) is 26.4 Å². The Morgan fingerprint density at radius 2 is 1.74 bits per heavy atom. The number of aryl methyl sites for hydroxylation is 1. The molecular weight excluding hydrogens is 456 g/mol. The zero-order chi connectivity index (χ0) is 25.6. The summed E-state index contributed by atoms with van der Waals surface area (Å²) >= 11 is 0. The highest BCUT2D eigenvalue weighted by Gasteiger charge is 2.45. The Hall–Kier alpha value is -3.11. The summed E-state index contributed by atoms with van der Waals surface area (Å²) in [5, 5.41) is 2.20. The van der Waals surface area contributed by atoms with E-state index in [1.165, 1.54) is 0 Å². The van der Waals surface area contributed by atoms with Crippen LogP contribution in [0.1, 0.15) is 72.7 Å². The molecule has 1 fully saturated rings. The number of hydrogen-bond donors (Lipinski definition) is 1. The lowest BCUT2D eigenvalue weighted by molar-refractivity contribution is -0.156. The van der Waals surface area contributed by atoms with Crippen LogP contribution >= 0.6 is 0 Å². The maximum absolute atomic E-state index is 13.1. The van der Waals surface area contributed by atoms with Crippen LogP contribution in [0.25, 0.3) is 0 Å². The first-order valence-corrected chi connectivity index (χ1v) is 11.8. The van der Waals surface area contributed by atoms with E-state index in [2.05, 4.69) is 5.32 Å². The summed E-state index contributed by atoms with van der Waals surface area (Å²) in [7, 11) is 0. The van der Waals surface area contributed by atoms with Gasteiger partial charge in [0.1, 0.15) is 11.6 Å². The number of benzene rings is 1. The van der Waals surface area contributed by atoms with Crippen LogP contribution < -0.4 is 5.32 Å². The van der Waals surface area contributed by atoms with E-state index in [1.54, 1.807) is 18.2 Å². The lowest BCUT2D eigenvalue weighted by Crippen LogP contribution is -2.54. The summed E-state index contributed by atoms with van der Waals surface area (Å²) in [6.07, 6.45) is 1.52. The zero-order valence-electron chi connectivity index (χ0n) is 20.4. The van der Waals surface area contributed by atoms with Crippen LogP contribution in [-0.2, 0) is 35.0 Å². The molecule has 35 heavy (non-hydrogen) atoms. The van der Waals surface area contributed by atoms with Crippen molar-refractivity contribution in [1.29, 1.82) is 0 Å². The Balaban J connectivity index is 1.42. The second kappa shape index (κ2) is 11.5. The molecule has 3 rings (SSSR count). The van der Waals surface area contributed by atoms with Crippen LogP contribution in [0.2, 0.25) is 0 Å². The molecule has 0 aliphatic carbocycles. The second-order valence-corrected chi connectivity index (χ2v) is 9.45. The first kappa shape index (κ1) is 26.5. The number of imide groups is 2. The molecule has 2 heterocycles. The summed E-state index contributed by atoms with van der Waals surface area (Å²) in [6.45, 7) is 6.83. The SMILES string of the molecule is CC(C)(C)OC(=O)CCOCCOCCCc1cccc2c1C(=O)N(C1CCC(=O)NC1=O)C2=O. The number of rotatable bonds is 11. The fourth-order valence-electron chi connectivity index (χ4n) is 4.03. The van der Waals surface area contributed by atoms with Crippen molar-refractivity contribution in [3.8, 4) is 0 Å². The average molecular weight is 489 g/mol. The molecule has 0 bridgehead atoms. The van der Waals surface area contributed by atoms with Crippen molar-refractivity contribution in [3.05, 3.63) is 34.9 Å². The Labute approximate surface area is 204 Å². The molecule has 1 atom stereocenters. The van der Waals surface area contributed by atoms with Crippen molar-refractivity contribution in [1.82, 2.24) is 10.2 Å². The molecule has 190 valence electrons. The third-order valence-corrected chi connectivity index (χ3v) is 5.53. The van der Waals surface area contributed by atoms with Gasteiger partial charge in [-0.3, -0.25) is 34.2 Å². The number of amides is 4. The van der Waals surface area contributed by atoms with E-state index >= 15 is 0 Å². The van der Waals surface area contributed by atoms with Crippen LogP contribution in [-0.4, -0.2) is 72.6 Å². The van der Waals surface area contributed by atoms with Gasteiger partial charge in [0.05, 0.1) is 37.4 Å². The summed E-state index contributed by atoms with van der Waals surface area (Å²) in [5.74, 6) is -2.36. The quantitative estimate of drug-likeness (QED) is 0.284. The highest BCUT2D eigenvalue weighted by molar-refractivity contribution is 6.24. The Morgan fingerprint density at radius 1 is 1.03 bits per heavy atom. The van der Waals surface area contributed by atoms with Crippen LogP contribution in [0.3, 0.4) is 0 Å². The number of carbonyl (C=O) groups is 5. The van der Waals surface area contributed by atoms with E-state index in [0.29, 0.717) is 43.8 Å². The maximum Gasteiger partial charge on any atom is 0.308 e. The van der Waals surface area contributed by atoms with Crippen LogP contribution in [0.4, 0.5) is 0 Å². The van der Waals surface area contributed by atoms with Crippen LogP contribution in [0, 0.1) is 0 Å². The van der Waals surface area contributed by atoms with Gasteiger partial charge in [-0.25, -0.2) is 0 Å². The molecule has 1 aromatic carbocycles. The first-order valence-electron chi connectivity index (χ1n) is 11.8. The molecule has 1 N–H and O–H groups in total. The number of carbonyl (C=O) groups excluding carboxylic acids is 5. The zero-order valence-corrected chi connectivity index (χ0v) is 20.4. The summed E-state index contributed by atoms with van der Waals surface area (Å²) < 4.78 is 16.2. The molecule has 0 spiro atoms. The minimum atomic E-state index is -0.980. The van der Waals surface area contributed by atoms with E-state index in [0.717, 1.165) is 4.90 Å². The topological polar surface area (TPSA) is 128 Å². The average Bonchev–Trinajstić information content (AvgIpc) is 3.02. The fraction of sp³-hybridized carbons (Fsp3) is 0.560. The van der Waals surface area contributed by atoms with Crippen LogP contribution in [0.5, 0.6) is 0 Å². The van der Waals surface area contributed by atoms with Crippen molar-refractivity contribution in [3.63, 3.8) is 0 Å². The molecule has 4 amide bonds. The number of esters is 1. The predicted molar refractivity (Wildman–Crippen MR) is 124 cm³/mol. The van der Waals surface area contributed by atoms with Gasteiger partial charge in [0.2, 0.25) is 11.8 Å². The van der Waals surface area contributed by atoms with E-state index in [4.69, 9.17) is 14.2 Å². The Bertz CT molecular complexity index is 998. The van der Waals surface area contributed by atoms with Crippen LogP contribution in [0.15, 0.2) is 18.2 Å². The fourth-order valence-corrected chi connectivity index (χ4v) is 4.03. The van der Waals surface area contributed by atoms with E-state index < -0.39 is 35.3 Å². The molecule has 1 aromatic rings. The molecular formula is C25H32N2O8. The Kier molecular flexibility index (Phi) is 8.74. The third-order valence-electron chi connectivity index (χ3n) is 5.53. The minimum Gasteiger partial charge on any atom is -0.460 e. The number of fused-ring (bicyclic) bond motifs is 1. The van der Waals surface area contributed by atoms with E-state index in [-0.39, 0.29) is 37.4 Å². The first-order chi connectivity index (χ1) is 16.6. The third kappa shape index (κ3) is 6.95. The molecule has 1 saturated heterocycles. The number of ether oxygens (including phenoxy) is 3. The number of nitrogens with zero attached hydrogens (tertiary/aromatic N) is 1. The number of nitrogens with one attached hydrogen (secondary N) is 1. The van der Waals surface area contributed by atoms with Gasteiger partial charge in [-0.05, 0) is 51.7 Å². The number of piperidine rings is 1. The molecule has 10 heteroatoms. The van der Waals surface area contributed by atoms with Crippen molar-refractivity contribution in [2.45, 2.75) is 64.5 Å². The summed E-state index contributed by atoms with van der Waals surface area (Å²) in [6, 6.07) is 4.10. The summed E-state index contributed by atoms with van der Waals surface area (Å²) in [4.78, 5) is 62.2. The van der Waals surface area contributed by atoms with Crippen molar-refractivity contribution >= 4 is 29.6 Å². The molecule has 2 aliphatic rings. The monoisotopic (exact) mass is 488 g/mol. The maximum atomic E-state index is 13.1. The lowest BCUT2D eigenvalue weighted by Gasteiger charge is -2.27. The van der Waals surface area contributed by atoms with Gasteiger partial charge in [0, 0.05) is 13.0 Å². The molecule has 1 unspecified atom stereocenters. The molecule has 2 aliphatic heterocycles.